The topological polar surface area (TPSA) is 25.8 Å². The number of hydrogen-bond donors (Lipinski definition) is 0. The summed E-state index contributed by atoms with van der Waals surface area (Å²) in [7, 11) is 0. The summed E-state index contributed by atoms with van der Waals surface area (Å²) in [5, 5.41) is 0. The fourth-order valence-electron chi connectivity index (χ4n) is 0.737. The van der Waals surface area contributed by atoms with Gasteiger partial charge in [0.15, 0.2) is 0 Å². The molecule has 1 aromatic heterocycles. The summed E-state index contributed by atoms with van der Waals surface area (Å²) in [6, 6.07) is 0. The van der Waals surface area contributed by atoms with Gasteiger partial charge in [0, 0.05) is 11.5 Å². The molecule has 0 unspecified atom stereocenters. The lowest BCUT2D eigenvalue weighted by atomic mass is 10.2. The van der Waals surface area contributed by atoms with Crippen molar-refractivity contribution < 1.29 is 4.39 Å². The molecule has 0 amide bonds. The van der Waals surface area contributed by atoms with Gasteiger partial charge in [-0.2, -0.15) is 4.39 Å². The molecule has 4 heteroatoms. The van der Waals surface area contributed by atoms with E-state index in [2.05, 4.69) is 25.9 Å². The Morgan fingerprint density at radius 2 is 1.92 bits per heavy atom. The summed E-state index contributed by atoms with van der Waals surface area (Å²) in [4.78, 5) is 7.82. The van der Waals surface area contributed by atoms with Crippen LogP contribution >= 0.6 is 15.9 Å². The average Bonchev–Trinajstić information content (AvgIpc) is 1.99. The summed E-state index contributed by atoms with van der Waals surface area (Å²) >= 11 is 3.17. The van der Waals surface area contributed by atoms with E-state index in [1.807, 2.05) is 13.8 Å². The Bertz CT molecular complexity index is 276. The molecule has 0 spiro atoms. The first-order chi connectivity index (χ1) is 5.52. The Labute approximate surface area is 79.4 Å². The van der Waals surface area contributed by atoms with Crippen LogP contribution in [0.3, 0.4) is 0 Å². The normalized spacial score (nSPS) is 10.8. The van der Waals surface area contributed by atoms with Crippen LogP contribution < -0.4 is 0 Å². The standard InChI is InChI=1S/C8H10BrFN2/c1-4(2)8-11-6(9)5(3)7(10)12-8/h4H,1-3H3. The summed E-state index contributed by atoms with van der Waals surface area (Å²) < 4.78 is 13.6. The van der Waals surface area contributed by atoms with Crippen LogP contribution in [0.4, 0.5) is 4.39 Å². The number of aromatic nitrogens is 2. The highest BCUT2D eigenvalue weighted by Gasteiger charge is 2.10. The van der Waals surface area contributed by atoms with Gasteiger partial charge in [-0.1, -0.05) is 13.8 Å². The van der Waals surface area contributed by atoms with Gasteiger partial charge in [0.05, 0.1) is 0 Å². The van der Waals surface area contributed by atoms with Gasteiger partial charge in [-0.3, -0.25) is 0 Å². The maximum Gasteiger partial charge on any atom is 0.220 e. The molecule has 66 valence electrons. The Balaban J connectivity index is 3.21. The Morgan fingerprint density at radius 1 is 1.33 bits per heavy atom. The number of halogens is 2. The van der Waals surface area contributed by atoms with E-state index >= 15 is 0 Å². The van der Waals surface area contributed by atoms with E-state index in [4.69, 9.17) is 0 Å². The summed E-state index contributed by atoms with van der Waals surface area (Å²) in [5.74, 6) is 0.238. The Hall–Kier alpha value is -0.510. The molecular weight excluding hydrogens is 223 g/mol. The fraction of sp³-hybridized carbons (Fsp3) is 0.500. The molecule has 0 aliphatic carbocycles. The van der Waals surface area contributed by atoms with Gasteiger partial charge in [-0.05, 0) is 22.9 Å². The smallest absolute Gasteiger partial charge is 0.220 e. The minimum absolute atomic E-state index is 0.149. The van der Waals surface area contributed by atoms with E-state index < -0.39 is 5.95 Å². The lowest BCUT2D eigenvalue weighted by Gasteiger charge is -2.05. The first-order valence-electron chi connectivity index (χ1n) is 3.72. The molecule has 1 rings (SSSR count). The summed E-state index contributed by atoms with van der Waals surface area (Å²) in [6.07, 6.45) is 0. The molecule has 0 saturated heterocycles. The monoisotopic (exact) mass is 232 g/mol. The highest BCUT2D eigenvalue weighted by atomic mass is 79.9. The fourth-order valence-corrected chi connectivity index (χ4v) is 1.08. The van der Waals surface area contributed by atoms with Crippen LogP contribution in [-0.4, -0.2) is 9.97 Å². The van der Waals surface area contributed by atoms with E-state index in [1.165, 1.54) is 0 Å². The van der Waals surface area contributed by atoms with Crippen LogP contribution in [0, 0.1) is 12.9 Å². The lowest BCUT2D eigenvalue weighted by Crippen LogP contribution is -2.02. The zero-order valence-corrected chi connectivity index (χ0v) is 8.81. The molecule has 0 aliphatic heterocycles. The van der Waals surface area contributed by atoms with Gasteiger partial charge in [-0.25, -0.2) is 9.97 Å². The third-order valence-electron chi connectivity index (χ3n) is 1.56. The minimum Gasteiger partial charge on any atom is -0.225 e. The van der Waals surface area contributed by atoms with E-state index in [0.717, 1.165) is 0 Å². The van der Waals surface area contributed by atoms with E-state index in [0.29, 0.717) is 16.0 Å². The van der Waals surface area contributed by atoms with Gasteiger partial charge in [0.25, 0.3) is 0 Å². The molecule has 0 aliphatic rings. The van der Waals surface area contributed by atoms with Crippen molar-refractivity contribution in [3.05, 3.63) is 21.9 Å². The molecule has 0 saturated carbocycles. The van der Waals surface area contributed by atoms with Crippen molar-refractivity contribution in [2.45, 2.75) is 26.7 Å². The van der Waals surface area contributed by atoms with Crippen molar-refractivity contribution in [3.8, 4) is 0 Å². The molecule has 0 N–H and O–H groups in total. The average molecular weight is 233 g/mol. The molecule has 0 bridgehead atoms. The van der Waals surface area contributed by atoms with E-state index in [-0.39, 0.29) is 5.92 Å². The molecule has 0 fully saturated rings. The van der Waals surface area contributed by atoms with Crippen molar-refractivity contribution in [1.29, 1.82) is 0 Å². The zero-order valence-electron chi connectivity index (χ0n) is 7.23. The van der Waals surface area contributed by atoms with Crippen molar-refractivity contribution in [3.63, 3.8) is 0 Å². The largest absolute Gasteiger partial charge is 0.225 e. The maximum atomic E-state index is 13.0. The highest BCUT2D eigenvalue weighted by Crippen LogP contribution is 2.18. The Kier molecular flexibility index (Phi) is 2.77. The molecule has 2 nitrogen and oxygen atoms in total. The molecule has 0 atom stereocenters. The van der Waals surface area contributed by atoms with Crippen molar-refractivity contribution in [2.24, 2.45) is 0 Å². The second-order valence-corrected chi connectivity index (χ2v) is 3.69. The quantitative estimate of drug-likeness (QED) is 0.697. The number of nitrogens with zero attached hydrogens (tertiary/aromatic N) is 2. The molecule has 1 heterocycles. The third-order valence-corrected chi connectivity index (χ3v) is 2.33. The number of rotatable bonds is 1. The third kappa shape index (κ3) is 1.80. The van der Waals surface area contributed by atoms with Crippen LogP contribution in [0.5, 0.6) is 0 Å². The number of hydrogen-bond acceptors (Lipinski definition) is 2. The van der Waals surface area contributed by atoms with Crippen molar-refractivity contribution >= 4 is 15.9 Å². The van der Waals surface area contributed by atoms with Gasteiger partial charge in [0.2, 0.25) is 5.95 Å². The van der Waals surface area contributed by atoms with Crippen LogP contribution in [-0.2, 0) is 0 Å². The first-order valence-corrected chi connectivity index (χ1v) is 4.51. The van der Waals surface area contributed by atoms with Gasteiger partial charge in [-0.15, -0.1) is 0 Å². The van der Waals surface area contributed by atoms with Crippen LogP contribution in [0.1, 0.15) is 31.2 Å². The minimum atomic E-state index is -0.444. The molecule has 12 heavy (non-hydrogen) atoms. The van der Waals surface area contributed by atoms with Crippen LogP contribution in [0.25, 0.3) is 0 Å². The summed E-state index contributed by atoms with van der Waals surface area (Å²) in [5.41, 5.74) is 0.458. The second-order valence-electron chi connectivity index (χ2n) is 2.94. The predicted molar refractivity (Wildman–Crippen MR) is 48.5 cm³/mol. The van der Waals surface area contributed by atoms with E-state index in [9.17, 15) is 4.39 Å². The van der Waals surface area contributed by atoms with Crippen LogP contribution in [0.15, 0.2) is 4.60 Å². The second kappa shape index (κ2) is 3.47. The summed E-state index contributed by atoms with van der Waals surface area (Å²) in [6.45, 7) is 5.50. The molecule has 0 radical (unpaired) electrons. The molecule has 0 aromatic carbocycles. The van der Waals surface area contributed by atoms with Gasteiger partial charge in [0.1, 0.15) is 10.4 Å². The highest BCUT2D eigenvalue weighted by molar-refractivity contribution is 9.10. The molecule has 1 aromatic rings. The van der Waals surface area contributed by atoms with E-state index in [1.54, 1.807) is 6.92 Å². The van der Waals surface area contributed by atoms with Crippen LogP contribution in [0.2, 0.25) is 0 Å². The maximum absolute atomic E-state index is 13.0. The molecular formula is C8H10BrFN2. The van der Waals surface area contributed by atoms with Crippen molar-refractivity contribution in [2.75, 3.05) is 0 Å². The zero-order chi connectivity index (χ0) is 9.30. The van der Waals surface area contributed by atoms with Crippen molar-refractivity contribution in [1.82, 2.24) is 9.97 Å². The SMILES string of the molecule is Cc1c(F)nc(C(C)C)nc1Br. The predicted octanol–water partition coefficient (Wildman–Crippen LogP) is 2.81. The van der Waals surface area contributed by atoms with Gasteiger partial charge < -0.3 is 0 Å². The lowest BCUT2D eigenvalue weighted by molar-refractivity contribution is 0.550. The van der Waals surface area contributed by atoms with Gasteiger partial charge >= 0.3 is 0 Å². The Morgan fingerprint density at radius 3 is 2.33 bits per heavy atom. The first kappa shape index (κ1) is 9.58.